The van der Waals surface area contributed by atoms with Crippen LogP contribution in [0.15, 0.2) is 60.7 Å². The Morgan fingerprint density at radius 3 is 2.60 bits per heavy atom. The zero-order valence-electron chi connectivity index (χ0n) is 16.8. The maximum Gasteiger partial charge on any atom is 0.341 e. The molecule has 2 N–H and O–H groups in total. The van der Waals surface area contributed by atoms with Crippen molar-refractivity contribution in [1.82, 2.24) is 5.32 Å². The van der Waals surface area contributed by atoms with Crippen molar-refractivity contribution in [3.63, 3.8) is 0 Å². The second kappa shape index (κ2) is 9.26. The lowest BCUT2D eigenvalue weighted by molar-refractivity contribution is -0.139. The molecule has 0 radical (unpaired) electrons. The third-order valence-corrected chi connectivity index (χ3v) is 5.93. The van der Waals surface area contributed by atoms with Crippen molar-refractivity contribution in [3.8, 4) is 5.75 Å². The highest BCUT2D eigenvalue weighted by Gasteiger charge is 2.25. The van der Waals surface area contributed by atoms with E-state index in [9.17, 15) is 9.18 Å². The summed E-state index contributed by atoms with van der Waals surface area (Å²) >= 11 is 0. The highest BCUT2D eigenvalue weighted by atomic mass is 19.1. The van der Waals surface area contributed by atoms with Gasteiger partial charge in [-0.05, 0) is 72.9 Å². The third kappa shape index (κ3) is 4.79. The number of aliphatic carboxylic acids is 1. The van der Waals surface area contributed by atoms with E-state index < -0.39 is 5.97 Å². The Bertz CT molecular complexity index is 1020. The number of carboxylic acid groups (broad SMARTS) is 1. The zero-order valence-corrected chi connectivity index (χ0v) is 16.8. The number of benzene rings is 3. The van der Waals surface area contributed by atoms with Crippen LogP contribution >= 0.6 is 0 Å². The van der Waals surface area contributed by atoms with Crippen LogP contribution in [0.1, 0.15) is 36.3 Å². The van der Waals surface area contributed by atoms with Crippen molar-refractivity contribution in [2.45, 2.75) is 37.6 Å². The second-order valence-electron chi connectivity index (χ2n) is 7.91. The van der Waals surface area contributed by atoms with Crippen LogP contribution in [0.2, 0.25) is 0 Å². The number of rotatable bonds is 8. The average molecular weight is 407 g/mol. The molecule has 1 aliphatic carbocycles. The Hall–Kier alpha value is -2.92. The van der Waals surface area contributed by atoms with Crippen LogP contribution in [0.3, 0.4) is 0 Å². The molecule has 0 heterocycles. The van der Waals surface area contributed by atoms with Crippen LogP contribution < -0.4 is 10.1 Å². The Labute approximate surface area is 175 Å². The van der Waals surface area contributed by atoms with Crippen molar-refractivity contribution in [2.24, 2.45) is 0 Å². The maximum absolute atomic E-state index is 14.0. The lowest BCUT2D eigenvalue weighted by atomic mass is 9.97. The number of fused-ring (bicyclic) bond motifs is 1. The predicted octanol–water partition coefficient (Wildman–Crippen LogP) is 4.91. The average Bonchev–Trinajstić information content (AvgIpc) is 3.22. The fourth-order valence-electron chi connectivity index (χ4n) is 4.42. The molecule has 4 nitrogen and oxygen atoms in total. The van der Waals surface area contributed by atoms with Gasteiger partial charge in [0.05, 0.1) is 0 Å². The van der Waals surface area contributed by atoms with Gasteiger partial charge >= 0.3 is 5.97 Å². The van der Waals surface area contributed by atoms with Gasteiger partial charge in [-0.2, -0.15) is 0 Å². The fraction of sp³-hybridized carbons (Fsp3) is 0.320. The topological polar surface area (TPSA) is 58.6 Å². The Balaban J connectivity index is 1.29. The molecule has 0 saturated heterocycles. The third-order valence-electron chi connectivity index (χ3n) is 5.93. The first-order chi connectivity index (χ1) is 14.6. The molecule has 1 aliphatic rings. The van der Waals surface area contributed by atoms with E-state index in [-0.39, 0.29) is 12.4 Å². The lowest BCUT2D eigenvalue weighted by Gasteiger charge is -2.15. The molecular weight excluding hydrogens is 381 g/mol. The van der Waals surface area contributed by atoms with Gasteiger partial charge in [-0.3, -0.25) is 0 Å². The summed E-state index contributed by atoms with van der Waals surface area (Å²) in [6.45, 7) is 0.549. The lowest BCUT2D eigenvalue weighted by Crippen LogP contribution is -2.28. The van der Waals surface area contributed by atoms with Gasteiger partial charge in [-0.1, -0.05) is 42.5 Å². The Kier molecular flexibility index (Phi) is 6.29. The van der Waals surface area contributed by atoms with Gasteiger partial charge < -0.3 is 15.2 Å². The molecule has 0 spiro atoms. The summed E-state index contributed by atoms with van der Waals surface area (Å²) in [5.41, 5.74) is 2.44. The quantitative estimate of drug-likeness (QED) is 0.557. The second-order valence-corrected chi connectivity index (χ2v) is 7.91. The number of carbonyl (C=O) groups is 1. The molecule has 30 heavy (non-hydrogen) atoms. The first-order valence-corrected chi connectivity index (χ1v) is 10.4. The summed E-state index contributed by atoms with van der Waals surface area (Å²) in [7, 11) is 0. The Morgan fingerprint density at radius 2 is 1.80 bits per heavy atom. The number of carboxylic acids is 1. The van der Waals surface area contributed by atoms with Crippen molar-refractivity contribution in [3.05, 3.63) is 77.6 Å². The minimum absolute atomic E-state index is 0.166. The van der Waals surface area contributed by atoms with Crippen LogP contribution in [0.25, 0.3) is 10.8 Å². The van der Waals surface area contributed by atoms with Crippen molar-refractivity contribution in [1.29, 1.82) is 0 Å². The van der Waals surface area contributed by atoms with E-state index in [2.05, 4.69) is 11.4 Å². The van der Waals surface area contributed by atoms with Gasteiger partial charge in [0.25, 0.3) is 0 Å². The molecule has 156 valence electrons. The monoisotopic (exact) mass is 407 g/mol. The summed E-state index contributed by atoms with van der Waals surface area (Å²) < 4.78 is 19.2. The molecule has 1 saturated carbocycles. The highest BCUT2D eigenvalue weighted by Crippen LogP contribution is 2.35. The molecule has 4 rings (SSSR count). The van der Waals surface area contributed by atoms with Crippen molar-refractivity contribution >= 4 is 16.7 Å². The van der Waals surface area contributed by atoms with Gasteiger partial charge in [0, 0.05) is 11.4 Å². The summed E-state index contributed by atoms with van der Waals surface area (Å²) in [6, 6.07) is 19.4. The highest BCUT2D eigenvalue weighted by molar-refractivity contribution is 5.86. The minimum atomic E-state index is -0.975. The van der Waals surface area contributed by atoms with E-state index >= 15 is 0 Å². The first kappa shape index (κ1) is 20.4. The molecule has 2 atom stereocenters. The largest absolute Gasteiger partial charge is 0.482 e. The minimum Gasteiger partial charge on any atom is -0.482 e. The van der Waals surface area contributed by atoms with E-state index in [4.69, 9.17) is 9.84 Å². The van der Waals surface area contributed by atoms with Gasteiger partial charge in [0.15, 0.2) is 6.61 Å². The van der Waals surface area contributed by atoms with E-state index in [0.29, 0.717) is 23.1 Å². The number of ether oxygens (including phenoxy) is 1. The summed E-state index contributed by atoms with van der Waals surface area (Å²) in [6.07, 6.45) is 4.22. The molecule has 5 heteroatoms. The zero-order chi connectivity index (χ0) is 20.9. The first-order valence-electron chi connectivity index (χ1n) is 10.4. The van der Waals surface area contributed by atoms with Crippen LogP contribution in [-0.2, 0) is 11.2 Å². The summed E-state index contributed by atoms with van der Waals surface area (Å²) in [5.74, 6) is -0.0548. The molecular formula is C25H26FNO3. The normalized spacial score (nSPS) is 18.6. The van der Waals surface area contributed by atoms with Crippen LogP contribution in [0, 0.1) is 5.82 Å². The number of halogens is 1. The number of hydrogen-bond donors (Lipinski definition) is 2. The van der Waals surface area contributed by atoms with Gasteiger partial charge in [-0.25, -0.2) is 9.18 Å². The fourth-order valence-corrected chi connectivity index (χ4v) is 4.42. The maximum atomic E-state index is 14.0. The smallest absolute Gasteiger partial charge is 0.341 e. The van der Waals surface area contributed by atoms with E-state index in [1.807, 2.05) is 42.5 Å². The summed E-state index contributed by atoms with van der Waals surface area (Å²) in [4.78, 5) is 10.6. The number of nitrogens with one attached hydrogen (secondary N) is 1. The van der Waals surface area contributed by atoms with Crippen molar-refractivity contribution in [2.75, 3.05) is 13.2 Å². The van der Waals surface area contributed by atoms with Crippen LogP contribution in [0.4, 0.5) is 4.39 Å². The molecule has 3 aromatic rings. The predicted molar refractivity (Wildman–Crippen MR) is 116 cm³/mol. The van der Waals surface area contributed by atoms with Gasteiger partial charge in [0.2, 0.25) is 0 Å². The van der Waals surface area contributed by atoms with E-state index in [1.54, 1.807) is 6.07 Å². The molecule has 0 amide bonds. The molecule has 1 fully saturated rings. The van der Waals surface area contributed by atoms with Gasteiger partial charge in [-0.15, -0.1) is 0 Å². The van der Waals surface area contributed by atoms with E-state index in [1.165, 1.54) is 17.2 Å². The van der Waals surface area contributed by atoms with Crippen LogP contribution in [0.5, 0.6) is 5.75 Å². The van der Waals surface area contributed by atoms with E-state index in [0.717, 1.165) is 37.6 Å². The Morgan fingerprint density at radius 1 is 1.03 bits per heavy atom. The molecule has 3 aromatic carbocycles. The molecule has 1 unspecified atom stereocenters. The molecule has 0 aliphatic heterocycles. The van der Waals surface area contributed by atoms with Crippen LogP contribution in [-0.4, -0.2) is 30.3 Å². The standard InChI is InChI=1S/C25H26FNO3/c26-24-6-2-4-22-18(3-1-5-23(22)24)13-14-27-20-10-7-19(15-20)17-8-11-21(12-9-17)30-16-25(28)29/h1-6,8-9,11-12,19-20,27H,7,10,13-16H2,(H,28,29)/t19-,20?/m1/s1. The SMILES string of the molecule is O=C(O)COc1ccc([C@@H]2CCC(NCCc3cccc4c(F)cccc34)C2)cc1. The summed E-state index contributed by atoms with van der Waals surface area (Å²) in [5, 5.41) is 14.0. The van der Waals surface area contributed by atoms with Crippen molar-refractivity contribution < 1.29 is 19.0 Å². The van der Waals surface area contributed by atoms with Gasteiger partial charge in [0.1, 0.15) is 11.6 Å². The number of hydrogen-bond acceptors (Lipinski definition) is 3. The molecule has 0 aromatic heterocycles. The molecule has 0 bridgehead atoms.